The molecular weight excluding hydrogens is 367 g/mol. The maximum absolute atomic E-state index is 13.1. The number of nitrogens with one attached hydrogen (secondary N) is 1. The van der Waals surface area contributed by atoms with Crippen molar-refractivity contribution in [1.82, 2.24) is 4.31 Å². The number of benzene rings is 2. The highest BCUT2D eigenvalue weighted by atomic mass is 32.2. The summed E-state index contributed by atoms with van der Waals surface area (Å²) in [7, 11) is -3.77. The normalized spacial score (nSPS) is 18.2. The molecule has 1 heterocycles. The number of sulfonamides is 1. The van der Waals surface area contributed by atoms with E-state index in [0.29, 0.717) is 18.7 Å². The van der Waals surface area contributed by atoms with Gasteiger partial charge < -0.3 is 5.32 Å². The van der Waals surface area contributed by atoms with E-state index in [0.717, 1.165) is 30.5 Å². The van der Waals surface area contributed by atoms with Gasteiger partial charge in [-0.2, -0.15) is 4.31 Å². The number of hydrogen-bond acceptors (Lipinski definition) is 3. The Morgan fingerprint density at radius 1 is 1.11 bits per heavy atom. The summed E-state index contributed by atoms with van der Waals surface area (Å²) in [6.07, 6.45) is 2.34. The minimum Gasteiger partial charge on any atom is -0.326 e. The van der Waals surface area contributed by atoms with Gasteiger partial charge in [-0.1, -0.05) is 24.1 Å². The molecule has 0 unspecified atom stereocenters. The van der Waals surface area contributed by atoms with Gasteiger partial charge in [-0.05, 0) is 56.2 Å². The van der Waals surface area contributed by atoms with Crippen molar-refractivity contribution in [1.29, 1.82) is 0 Å². The lowest BCUT2D eigenvalue weighted by atomic mass is 10.0. The second kappa shape index (κ2) is 8.19. The maximum Gasteiger partial charge on any atom is 0.243 e. The second-order valence-corrected chi connectivity index (χ2v) is 8.73. The van der Waals surface area contributed by atoms with Crippen molar-refractivity contribution < 1.29 is 17.6 Å². The van der Waals surface area contributed by atoms with Gasteiger partial charge in [0.1, 0.15) is 5.82 Å². The molecule has 1 atom stereocenters. The van der Waals surface area contributed by atoms with Crippen LogP contribution in [0.3, 0.4) is 0 Å². The Kier molecular flexibility index (Phi) is 5.92. The van der Waals surface area contributed by atoms with Gasteiger partial charge in [0.05, 0.1) is 4.90 Å². The van der Waals surface area contributed by atoms with E-state index in [2.05, 4.69) is 5.32 Å². The lowest BCUT2D eigenvalue weighted by Gasteiger charge is -2.34. The highest BCUT2D eigenvalue weighted by Gasteiger charge is 2.34. The average molecular weight is 390 g/mol. The SMILES string of the molecule is Cc1ccc(NC(=O)C[C@H]2CCCCN2S(=O)(=O)c2ccc(F)cc2)cc1. The summed E-state index contributed by atoms with van der Waals surface area (Å²) in [5, 5.41) is 2.83. The van der Waals surface area contributed by atoms with Gasteiger partial charge in [0.25, 0.3) is 0 Å². The monoisotopic (exact) mass is 390 g/mol. The van der Waals surface area contributed by atoms with Gasteiger partial charge in [0.15, 0.2) is 0 Å². The molecule has 5 nitrogen and oxygen atoms in total. The summed E-state index contributed by atoms with van der Waals surface area (Å²) in [4.78, 5) is 12.5. The topological polar surface area (TPSA) is 66.5 Å². The molecule has 7 heteroatoms. The number of anilines is 1. The number of halogens is 1. The fourth-order valence-electron chi connectivity index (χ4n) is 3.30. The zero-order chi connectivity index (χ0) is 19.4. The van der Waals surface area contributed by atoms with Crippen molar-refractivity contribution in [2.75, 3.05) is 11.9 Å². The Labute approximate surface area is 159 Å². The van der Waals surface area contributed by atoms with E-state index >= 15 is 0 Å². The van der Waals surface area contributed by atoms with E-state index in [9.17, 15) is 17.6 Å². The van der Waals surface area contributed by atoms with Crippen LogP contribution < -0.4 is 5.32 Å². The number of nitrogens with zero attached hydrogens (tertiary/aromatic N) is 1. The quantitative estimate of drug-likeness (QED) is 0.846. The summed E-state index contributed by atoms with van der Waals surface area (Å²) in [6, 6.07) is 11.8. The van der Waals surface area contributed by atoms with Gasteiger partial charge >= 0.3 is 0 Å². The van der Waals surface area contributed by atoms with E-state index in [1.54, 1.807) is 0 Å². The molecule has 27 heavy (non-hydrogen) atoms. The minimum absolute atomic E-state index is 0.0507. The zero-order valence-electron chi connectivity index (χ0n) is 15.2. The molecule has 2 aromatic carbocycles. The van der Waals surface area contributed by atoms with Gasteiger partial charge in [0.2, 0.25) is 15.9 Å². The molecule has 0 spiro atoms. The standard InChI is InChI=1S/C20H23FN2O3S/c1-15-5-9-17(10-6-15)22-20(24)14-18-4-2-3-13-23(18)27(25,26)19-11-7-16(21)8-12-19/h5-12,18H,2-4,13-14H2,1H3,(H,22,24)/t18-/m1/s1. The van der Waals surface area contributed by atoms with Crippen LogP contribution in [-0.4, -0.2) is 31.2 Å². The van der Waals surface area contributed by atoms with E-state index in [1.807, 2.05) is 31.2 Å². The maximum atomic E-state index is 13.1. The molecule has 1 saturated heterocycles. The molecule has 0 aliphatic carbocycles. The predicted octanol–water partition coefficient (Wildman–Crippen LogP) is 3.71. The van der Waals surface area contributed by atoms with Crippen LogP contribution >= 0.6 is 0 Å². The molecule has 1 fully saturated rings. The summed E-state index contributed by atoms with van der Waals surface area (Å²) < 4.78 is 40.4. The number of aryl methyl sites for hydroxylation is 1. The Bertz CT molecular complexity index is 896. The van der Waals surface area contributed by atoms with E-state index in [-0.39, 0.29) is 17.2 Å². The molecular formula is C20H23FN2O3S. The highest BCUT2D eigenvalue weighted by molar-refractivity contribution is 7.89. The number of amides is 1. The third kappa shape index (κ3) is 4.73. The first kappa shape index (κ1) is 19.5. The molecule has 1 aliphatic heterocycles. The van der Waals surface area contributed by atoms with Gasteiger partial charge in [-0.15, -0.1) is 0 Å². The summed E-state index contributed by atoms with van der Waals surface area (Å²) in [5.74, 6) is -0.702. The molecule has 0 radical (unpaired) electrons. The highest BCUT2D eigenvalue weighted by Crippen LogP contribution is 2.27. The molecule has 1 aliphatic rings. The van der Waals surface area contributed by atoms with E-state index in [1.165, 1.54) is 16.4 Å². The minimum atomic E-state index is -3.77. The Balaban J connectivity index is 1.73. The Morgan fingerprint density at radius 2 is 1.78 bits per heavy atom. The number of carbonyl (C=O) groups excluding carboxylic acids is 1. The van der Waals surface area contributed by atoms with E-state index < -0.39 is 21.9 Å². The third-order valence-electron chi connectivity index (χ3n) is 4.75. The van der Waals surface area contributed by atoms with E-state index in [4.69, 9.17) is 0 Å². The van der Waals surface area contributed by atoms with Crippen molar-refractivity contribution in [2.45, 2.75) is 43.5 Å². The van der Waals surface area contributed by atoms with Crippen molar-refractivity contribution in [3.8, 4) is 0 Å². The largest absolute Gasteiger partial charge is 0.326 e. The van der Waals surface area contributed by atoms with Crippen LogP contribution in [0, 0.1) is 12.7 Å². The molecule has 1 N–H and O–H groups in total. The van der Waals surface area contributed by atoms with Crippen LogP contribution in [0.1, 0.15) is 31.2 Å². The second-order valence-electron chi connectivity index (χ2n) is 6.84. The van der Waals surface area contributed by atoms with Crippen molar-refractivity contribution in [3.05, 3.63) is 59.9 Å². The first-order chi connectivity index (χ1) is 12.9. The van der Waals surface area contributed by atoms with Crippen LogP contribution in [0.25, 0.3) is 0 Å². The first-order valence-corrected chi connectivity index (χ1v) is 10.4. The fourth-order valence-corrected chi connectivity index (χ4v) is 4.99. The first-order valence-electron chi connectivity index (χ1n) is 9.00. The van der Waals surface area contributed by atoms with Crippen LogP contribution in [0.4, 0.5) is 10.1 Å². The molecule has 1 amide bonds. The predicted molar refractivity (Wildman–Crippen MR) is 102 cm³/mol. The van der Waals surface area contributed by atoms with Gasteiger partial charge in [-0.3, -0.25) is 4.79 Å². The lowest BCUT2D eigenvalue weighted by Crippen LogP contribution is -2.45. The third-order valence-corrected chi connectivity index (χ3v) is 6.72. The molecule has 3 rings (SSSR count). The molecule has 0 saturated carbocycles. The van der Waals surface area contributed by atoms with Gasteiger partial charge in [-0.25, -0.2) is 12.8 Å². The van der Waals surface area contributed by atoms with Crippen LogP contribution in [0.15, 0.2) is 53.4 Å². The number of piperidine rings is 1. The van der Waals surface area contributed by atoms with Crippen LogP contribution in [0.2, 0.25) is 0 Å². The molecule has 0 aromatic heterocycles. The lowest BCUT2D eigenvalue weighted by molar-refractivity contribution is -0.117. The summed E-state index contributed by atoms with van der Waals surface area (Å²) in [5.41, 5.74) is 1.78. The summed E-state index contributed by atoms with van der Waals surface area (Å²) >= 11 is 0. The molecule has 0 bridgehead atoms. The number of hydrogen-bond donors (Lipinski definition) is 1. The fraction of sp³-hybridized carbons (Fsp3) is 0.350. The van der Waals surface area contributed by atoms with Crippen molar-refractivity contribution >= 4 is 21.6 Å². The smallest absolute Gasteiger partial charge is 0.243 e. The van der Waals surface area contributed by atoms with Crippen molar-refractivity contribution in [3.63, 3.8) is 0 Å². The Hall–Kier alpha value is -2.25. The van der Waals surface area contributed by atoms with Crippen molar-refractivity contribution in [2.24, 2.45) is 0 Å². The van der Waals surface area contributed by atoms with Gasteiger partial charge in [0, 0.05) is 24.7 Å². The number of carbonyl (C=O) groups is 1. The zero-order valence-corrected chi connectivity index (χ0v) is 16.0. The molecule has 144 valence electrons. The van der Waals surface area contributed by atoms with Crippen LogP contribution in [0.5, 0.6) is 0 Å². The average Bonchev–Trinajstić information content (AvgIpc) is 2.64. The summed E-state index contributed by atoms with van der Waals surface area (Å²) in [6.45, 7) is 2.33. The van der Waals surface area contributed by atoms with Crippen LogP contribution in [-0.2, 0) is 14.8 Å². The number of rotatable bonds is 5. The Morgan fingerprint density at radius 3 is 2.44 bits per heavy atom. The molecule has 2 aromatic rings.